The van der Waals surface area contributed by atoms with Crippen LogP contribution in [0.1, 0.15) is 28.2 Å². The number of aromatic nitrogens is 2. The molecule has 0 N–H and O–H groups in total. The van der Waals surface area contributed by atoms with Crippen LogP contribution < -0.4 is 0 Å². The molecule has 0 aromatic carbocycles. The van der Waals surface area contributed by atoms with Crippen molar-refractivity contribution in [1.82, 2.24) is 23.7 Å². The third-order valence-electron chi connectivity index (χ3n) is 5.68. The Morgan fingerprint density at radius 2 is 1.72 bits per heavy atom. The molecule has 158 valence electrons. The van der Waals surface area contributed by atoms with Crippen molar-refractivity contribution < 1.29 is 13.2 Å². The highest BCUT2D eigenvalue weighted by molar-refractivity contribution is 7.89. The van der Waals surface area contributed by atoms with Crippen LogP contribution in [0.15, 0.2) is 17.2 Å². The molecule has 0 unspecified atom stereocenters. The first-order valence-electron chi connectivity index (χ1n) is 9.89. The molecule has 2 aromatic heterocycles. The SMILES string of the molecule is Cc1nc(-c2cc(S(=O)(=O)N3CCN(C)CC3)cn2C)sc1C(=O)N1CCCC1. The van der Waals surface area contributed by atoms with Gasteiger partial charge >= 0.3 is 0 Å². The Hall–Kier alpha value is -1.75. The molecule has 0 aliphatic carbocycles. The van der Waals surface area contributed by atoms with Gasteiger partial charge in [0.05, 0.1) is 11.4 Å². The number of likely N-dealkylation sites (tertiary alicyclic amines) is 1. The number of sulfonamides is 1. The first-order chi connectivity index (χ1) is 13.8. The fourth-order valence-electron chi connectivity index (χ4n) is 3.83. The summed E-state index contributed by atoms with van der Waals surface area (Å²) in [6.45, 7) is 5.88. The Morgan fingerprint density at radius 1 is 1.07 bits per heavy atom. The van der Waals surface area contributed by atoms with Crippen LogP contribution in [-0.4, -0.2) is 84.3 Å². The third-order valence-corrected chi connectivity index (χ3v) is 8.72. The van der Waals surface area contributed by atoms with Crippen molar-refractivity contribution >= 4 is 27.3 Å². The van der Waals surface area contributed by atoms with E-state index in [4.69, 9.17) is 0 Å². The van der Waals surface area contributed by atoms with Crippen LogP contribution in [0, 0.1) is 6.92 Å². The number of hydrogen-bond donors (Lipinski definition) is 0. The molecule has 2 aliphatic heterocycles. The Balaban J connectivity index is 1.61. The number of piperazine rings is 1. The summed E-state index contributed by atoms with van der Waals surface area (Å²) in [6, 6.07) is 1.68. The van der Waals surface area contributed by atoms with Gasteiger partial charge in [0, 0.05) is 52.5 Å². The highest BCUT2D eigenvalue weighted by atomic mass is 32.2. The largest absolute Gasteiger partial charge is 0.347 e. The summed E-state index contributed by atoms with van der Waals surface area (Å²) in [5, 5.41) is 0.673. The maximum Gasteiger partial charge on any atom is 0.265 e. The van der Waals surface area contributed by atoms with Gasteiger partial charge in [0.1, 0.15) is 14.8 Å². The van der Waals surface area contributed by atoms with Crippen LogP contribution in [0.3, 0.4) is 0 Å². The molecular formula is C19H27N5O3S2. The normalized spacial score (nSPS) is 19.2. The highest BCUT2D eigenvalue weighted by Gasteiger charge is 2.30. The molecule has 4 heterocycles. The zero-order valence-corrected chi connectivity index (χ0v) is 18.7. The van der Waals surface area contributed by atoms with E-state index in [-0.39, 0.29) is 10.8 Å². The Morgan fingerprint density at radius 3 is 2.38 bits per heavy atom. The Labute approximate surface area is 175 Å². The van der Waals surface area contributed by atoms with Crippen molar-refractivity contribution in [3.63, 3.8) is 0 Å². The summed E-state index contributed by atoms with van der Waals surface area (Å²) >= 11 is 1.34. The molecule has 0 radical (unpaired) electrons. The second kappa shape index (κ2) is 7.82. The first kappa shape index (κ1) is 20.5. The van der Waals surface area contributed by atoms with Crippen molar-refractivity contribution in [3.8, 4) is 10.7 Å². The van der Waals surface area contributed by atoms with E-state index in [9.17, 15) is 13.2 Å². The predicted molar refractivity (Wildman–Crippen MR) is 113 cm³/mol. The number of aryl methyl sites for hydroxylation is 2. The van der Waals surface area contributed by atoms with E-state index in [1.807, 2.05) is 25.9 Å². The topological polar surface area (TPSA) is 78.8 Å². The first-order valence-corrected chi connectivity index (χ1v) is 12.1. The summed E-state index contributed by atoms with van der Waals surface area (Å²) in [7, 11) is 0.273. The molecule has 2 fully saturated rings. The number of likely N-dealkylation sites (N-methyl/N-ethyl adjacent to an activating group) is 1. The maximum atomic E-state index is 13.1. The van der Waals surface area contributed by atoms with Crippen molar-refractivity contribution in [1.29, 1.82) is 0 Å². The fourth-order valence-corrected chi connectivity index (χ4v) is 6.42. The summed E-state index contributed by atoms with van der Waals surface area (Å²) in [5.41, 5.74) is 1.41. The van der Waals surface area contributed by atoms with Crippen LogP contribution >= 0.6 is 11.3 Å². The summed E-state index contributed by atoms with van der Waals surface area (Å²) in [4.78, 5) is 22.3. The number of hydrogen-bond acceptors (Lipinski definition) is 6. The van der Waals surface area contributed by atoms with Gasteiger partial charge in [-0.3, -0.25) is 4.79 Å². The van der Waals surface area contributed by atoms with E-state index >= 15 is 0 Å². The van der Waals surface area contributed by atoms with E-state index in [1.165, 1.54) is 11.3 Å². The van der Waals surface area contributed by atoms with Crippen molar-refractivity contribution in [2.45, 2.75) is 24.7 Å². The van der Waals surface area contributed by atoms with Crippen LogP contribution in [0.25, 0.3) is 10.7 Å². The molecule has 8 nitrogen and oxygen atoms in total. The second-order valence-electron chi connectivity index (χ2n) is 7.81. The number of thiazole rings is 1. The lowest BCUT2D eigenvalue weighted by Gasteiger charge is -2.31. The standard InChI is InChI=1S/C19H27N5O3S2/c1-14-17(19(25)23-6-4-5-7-23)28-18(20-14)16-12-15(13-22(16)3)29(26,27)24-10-8-21(2)9-11-24/h12-13H,4-11H2,1-3H3. The smallest absolute Gasteiger partial charge is 0.265 e. The molecule has 2 aliphatic rings. The molecule has 10 heteroatoms. The van der Waals surface area contributed by atoms with Crippen molar-refractivity contribution in [2.24, 2.45) is 7.05 Å². The fraction of sp³-hybridized carbons (Fsp3) is 0.579. The van der Waals surface area contributed by atoms with Gasteiger partial charge in [0.2, 0.25) is 10.0 Å². The molecule has 0 atom stereocenters. The molecule has 1 amide bonds. The van der Waals surface area contributed by atoms with Gasteiger partial charge in [-0.15, -0.1) is 11.3 Å². The summed E-state index contributed by atoms with van der Waals surface area (Å²) in [6.07, 6.45) is 3.73. The zero-order valence-electron chi connectivity index (χ0n) is 17.1. The van der Waals surface area contributed by atoms with Gasteiger partial charge in [-0.25, -0.2) is 13.4 Å². The van der Waals surface area contributed by atoms with Crippen molar-refractivity contribution in [3.05, 3.63) is 22.8 Å². The lowest BCUT2D eigenvalue weighted by molar-refractivity contribution is 0.0796. The van der Waals surface area contributed by atoms with E-state index < -0.39 is 10.0 Å². The average Bonchev–Trinajstić information content (AvgIpc) is 3.41. The number of nitrogens with zero attached hydrogens (tertiary/aromatic N) is 5. The van der Waals surface area contributed by atoms with Gasteiger partial charge < -0.3 is 14.4 Å². The van der Waals surface area contributed by atoms with E-state index in [0.717, 1.165) is 39.0 Å². The molecule has 0 bridgehead atoms. The summed E-state index contributed by atoms with van der Waals surface area (Å²) in [5.74, 6) is 0.0308. The lowest BCUT2D eigenvalue weighted by atomic mass is 10.3. The molecule has 2 saturated heterocycles. The zero-order chi connectivity index (χ0) is 20.8. The Bertz CT molecular complexity index is 1010. The third kappa shape index (κ3) is 3.86. The van der Waals surface area contributed by atoms with Gasteiger partial charge in [0.15, 0.2) is 0 Å². The van der Waals surface area contributed by atoms with Gasteiger partial charge in [-0.2, -0.15) is 4.31 Å². The second-order valence-corrected chi connectivity index (χ2v) is 10.7. The number of amides is 1. The minimum atomic E-state index is -3.54. The molecular weight excluding hydrogens is 410 g/mol. The Kier molecular flexibility index (Phi) is 5.54. The quantitative estimate of drug-likeness (QED) is 0.727. The van der Waals surface area contributed by atoms with E-state index in [2.05, 4.69) is 9.88 Å². The number of rotatable bonds is 4. The number of carbonyl (C=O) groups excluding carboxylic acids is 1. The van der Waals surface area contributed by atoms with E-state index in [0.29, 0.717) is 34.4 Å². The maximum absolute atomic E-state index is 13.1. The number of carbonyl (C=O) groups is 1. The predicted octanol–water partition coefficient (Wildman–Crippen LogP) is 1.63. The van der Waals surface area contributed by atoms with Crippen molar-refractivity contribution in [2.75, 3.05) is 46.3 Å². The molecule has 0 saturated carbocycles. The highest BCUT2D eigenvalue weighted by Crippen LogP contribution is 2.32. The summed E-state index contributed by atoms with van der Waals surface area (Å²) < 4.78 is 29.4. The minimum absolute atomic E-state index is 0.0308. The monoisotopic (exact) mass is 437 g/mol. The van der Waals surface area contributed by atoms with Crippen LogP contribution in [0.4, 0.5) is 0 Å². The van der Waals surface area contributed by atoms with Crippen LogP contribution in [0.5, 0.6) is 0 Å². The van der Waals surface area contributed by atoms with Crippen LogP contribution in [-0.2, 0) is 17.1 Å². The molecule has 29 heavy (non-hydrogen) atoms. The average molecular weight is 438 g/mol. The molecule has 0 spiro atoms. The van der Waals surface area contributed by atoms with Crippen LogP contribution in [0.2, 0.25) is 0 Å². The van der Waals surface area contributed by atoms with Gasteiger partial charge in [-0.1, -0.05) is 0 Å². The molecule has 2 aromatic rings. The molecule has 4 rings (SSSR count). The lowest BCUT2D eigenvalue weighted by Crippen LogP contribution is -2.46. The van der Waals surface area contributed by atoms with Gasteiger partial charge in [-0.05, 0) is 32.9 Å². The van der Waals surface area contributed by atoms with Gasteiger partial charge in [0.25, 0.3) is 5.91 Å². The minimum Gasteiger partial charge on any atom is -0.347 e. The van der Waals surface area contributed by atoms with E-state index in [1.54, 1.807) is 21.1 Å².